The Hall–Kier alpha value is -1.16. The number of hydrogen-bond acceptors (Lipinski definition) is 2. The Bertz CT molecular complexity index is 386. The van der Waals surface area contributed by atoms with Crippen molar-refractivity contribution in [3.05, 3.63) is 35.4 Å². The van der Waals surface area contributed by atoms with Crippen LogP contribution < -0.4 is 0 Å². The molecule has 1 N–H and O–H groups in total. The Balaban J connectivity index is 2.82. The van der Waals surface area contributed by atoms with E-state index in [1.165, 1.54) is 0 Å². The first-order chi connectivity index (χ1) is 8.08. The van der Waals surface area contributed by atoms with Crippen LogP contribution in [-0.4, -0.2) is 22.2 Å². The standard InChI is InChI=1S/C13H15BrO3/c1-2-9(7-12(14)8-15)10-3-5-11(6-4-10)13(16)17/h3-6,8-9,12H,2,7H2,1H3,(H,16,17)/t9-,12+/m0/s1. The summed E-state index contributed by atoms with van der Waals surface area (Å²) in [7, 11) is 0. The van der Waals surface area contributed by atoms with E-state index in [0.717, 1.165) is 24.7 Å². The van der Waals surface area contributed by atoms with Crippen molar-refractivity contribution in [3.63, 3.8) is 0 Å². The molecule has 0 aliphatic rings. The van der Waals surface area contributed by atoms with E-state index in [9.17, 15) is 9.59 Å². The van der Waals surface area contributed by atoms with Crippen LogP contribution in [-0.2, 0) is 4.79 Å². The van der Waals surface area contributed by atoms with E-state index >= 15 is 0 Å². The number of carbonyl (C=O) groups excluding carboxylic acids is 1. The van der Waals surface area contributed by atoms with Crippen molar-refractivity contribution in [1.29, 1.82) is 0 Å². The van der Waals surface area contributed by atoms with Gasteiger partial charge in [-0.3, -0.25) is 0 Å². The first-order valence-corrected chi connectivity index (χ1v) is 6.42. The van der Waals surface area contributed by atoms with Crippen LogP contribution in [0.4, 0.5) is 0 Å². The molecule has 0 saturated heterocycles. The molecular weight excluding hydrogens is 284 g/mol. The molecule has 0 unspecified atom stereocenters. The summed E-state index contributed by atoms with van der Waals surface area (Å²) in [6.07, 6.45) is 2.53. The van der Waals surface area contributed by atoms with E-state index in [1.807, 2.05) is 12.1 Å². The van der Waals surface area contributed by atoms with E-state index < -0.39 is 5.97 Å². The maximum atomic E-state index is 10.7. The normalized spacial score (nSPS) is 14.0. The van der Waals surface area contributed by atoms with Crippen LogP contribution in [0.1, 0.15) is 41.6 Å². The van der Waals surface area contributed by atoms with Crippen LogP contribution in [0.3, 0.4) is 0 Å². The Morgan fingerprint density at radius 2 is 2.00 bits per heavy atom. The third-order valence-corrected chi connectivity index (χ3v) is 3.37. The summed E-state index contributed by atoms with van der Waals surface area (Å²) in [5.74, 6) is -0.650. The zero-order valence-electron chi connectivity index (χ0n) is 9.60. The lowest BCUT2D eigenvalue weighted by atomic mass is 9.91. The first kappa shape index (κ1) is 13.9. The highest BCUT2D eigenvalue weighted by atomic mass is 79.9. The predicted octanol–water partition coefficient (Wildman–Crippen LogP) is 3.23. The van der Waals surface area contributed by atoms with Gasteiger partial charge in [0.15, 0.2) is 0 Å². The second-order valence-corrected chi connectivity index (χ2v) is 5.10. The monoisotopic (exact) mass is 298 g/mol. The molecule has 0 bridgehead atoms. The smallest absolute Gasteiger partial charge is 0.335 e. The molecule has 0 aromatic heterocycles. The summed E-state index contributed by atoms with van der Waals surface area (Å²) in [6, 6.07) is 6.85. The molecular formula is C13H15BrO3. The molecule has 92 valence electrons. The summed E-state index contributed by atoms with van der Waals surface area (Å²) in [5, 5.41) is 8.80. The van der Waals surface area contributed by atoms with Crippen molar-refractivity contribution >= 4 is 28.2 Å². The number of carboxylic acids is 1. The van der Waals surface area contributed by atoms with Crippen LogP contribution >= 0.6 is 15.9 Å². The summed E-state index contributed by atoms with van der Waals surface area (Å²) >= 11 is 3.29. The van der Waals surface area contributed by atoms with E-state index in [2.05, 4.69) is 22.9 Å². The van der Waals surface area contributed by atoms with Gasteiger partial charge in [0, 0.05) is 0 Å². The third kappa shape index (κ3) is 3.97. The maximum absolute atomic E-state index is 10.7. The fourth-order valence-electron chi connectivity index (χ4n) is 1.76. The Morgan fingerprint density at radius 1 is 1.41 bits per heavy atom. The number of rotatable bonds is 6. The third-order valence-electron chi connectivity index (χ3n) is 2.78. The van der Waals surface area contributed by atoms with Gasteiger partial charge in [0.2, 0.25) is 0 Å². The lowest BCUT2D eigenvalue weighted by Crippen LogP contribution is -2.08. The number of carboxylic acid groups (broad SMARTS) is 1. The largest absolute Gasteiger partial charge is 0.478 e. The van der Waals surface area contributed by atoms with Gasteiger partial charge in [-0.05, 0) is 36.5 Å². The summed E-state index contributed by atoms with van der Waals surface area (Å²) < 4.78 is 0. The number of halogens is 1. The van der Waals surface area contributed by atoms with Crippen LogP contribution in [0.25, 0.3) is 0 Å². The van der Waals surface area contributed by atoms with Crippen molar-refractivity contribution < 1.29 is 14.7 Å². The van der Waals surface area contributed by atoms with Crippen LogP contribution in [0.2, 0.25) is 0 Å². The molecule has 0 spiro atoms. The maximum Gasteiger partial charge on any atom is 0.335 e. The minimum absolute atomic E-state index is 0.147. The van der Waals surface area contributed by atoms with Gasteiger partial charge >= 0.3 is 5.97 Å². The molecule has 17 heavy (non-hydrogen) atoms. The van der Waals surface area contributed by atoms with E-state index in [1.54, 1.807) is 12.1 Å². The quantitative estimate of drug-likeness (QED) is 0.648. The molecule has 0 aliphatic heterocycles. The van der Waals surface area contributed by atoms with Gasteiger partial charge in [0.25, 0.3) is 0 Å². The summed E-state index contributed by atoms with van der Waals surface area (Å²) in [5.41, 5.74) is 1.36. The average molecular weight is 299 g/mol. The fourth-order valence-corrected chi connectivity index (χ4v) is 2.21. The Morgan fingerprint density at radius 3 is 2.41 bits per heavy atom. The molecule has 0 fully saturated rings. The van der Waals surface area contributed by atoms with Gasteiger partial charge in [0.05, 0.1) is 10.4 Å². The van der Waals surface area contributed by atoms with Gasteiger partial charge < -0.3 is 9.90 Å². The minimum Gasteiger partial charge on any atom is -0.478 e. The van der Waals surface area contributed by atoms with E-state index in [-0.39, 0.29) is 16.3 Å². The average Bonchev–Trinajstić information content (AvgIpc) is 2.35. The molecule has 1 aromatic carbocycles. The van der Waals surface area contributed by atoms with E-state index in [0.29, 0.717) is 0 Å². The molecule has 3 nitrogen and oxygen atoms in total. The number of aldehydes is 1. The minimum atomic E-state index is -0.921. The second kappa shape index (κ2) is 6.55. The molecule has 0 aliphatic carbocycles. The van der Waals surface area contributed by atoms with E-state index in [4.69, 9.17) is 5.11 Å². The number of aromatic carboxylic acids is 1. The fraction of sp³-hybridized carbons (Fsp3) is 0.385. The van der Waals surface area contributed by atoms with Crippen LogP contribution in [0, 0.1) is 0 Å². The summed E-state index contributed by atoms with van der Waals surface area (Å²) in [4.78, 5) is 21.2. The first-order valence-electron chi connectivity index (χ1n) is 5.51. The van der Waals surface area contributed by atoms with Crippen LogP contribution in [0.15, 0.2) is 24.3 Å². The molecule has 0 saturated carbocycles. The summed E-state index contributed by atoms with van der Waals surface area (Å²) in [6.45, 7) is 2.06. The number of hydrogen-bond donors (Lipinski definition) is 1. The number of alkyl halides is 1. The van der Waals surface area contributed by atoms with Crippen molar-refractivity contribution in [1.82, 2.24) is 0 Å². The predicted molar refractivity (Wildman–Crippen MR) is 69.8 cm³/mol. The van der Waals surface area contributed by atoms with Gasteiger partial charge in [0.1, 0.15) is 6.29 Å². The topological polar surface area (TPSA) is 54.4 Å². The highest BCUT2D eigenvalue weighted by Crippen LogP contribution is 2.26. The Labute approximate surface area is 109 Å². The zero-order valence-corrected chi connectivity index (χ0v) is 11.2. The highest BCUT2D eigenvalue weighted by Gasteiger charge is 2.14. The van der Waals surface area contributed by atoms with Gasteiger partial charge in [-0.15, -0.1) is 0 Å². The van der Waals surface area contributed by atoms with Gasteiger partial charge in [-0.2, -0.15) is 0 Å². The number of benzene rings is 1. The lowest BCUT2D eigenvalue weighted by molar-refractivity contribution is -0.107. The molecule has 4 heteroatoms. The Kier molecular flexibility index (Phi) is 5.35. The molecule has 1 aromatic rings. The molecule has 0 radical (unpaired) electrons. The molecule has 2 atom stereocenters. The molecule has 1 rings (SSSR count). The number of carbonyl (C=O) groups is 2. The van der Waals surface area contributed by atoms with Gasteiger partial charge in [-0.25, -0.2) is 4.79 Å². The molecule has 0 amide bonds. The highest BCUT2D eigenvalue weighted by molar-refractivity contribution is 9.09. The van der Waals surface area contributed by atoms with Crippen molar-refractivity contribution in [3.8, 4) is 0 Å². The van der Waals surface area contributed by atoms with Crippen molar-refractivity contribution in [2.45, 2.75) is 30.5 Å². The van der Waals surface area contributed by atoms with Gasteiger partial charge in [-0.1, -0.05) is 35.0 Å². The molecule has 0 heterocycles. The lowest BCUT2D eigenvalue weighted by Gasteiger charge is -2.16. The van der Waals surface area contributed by atoms with Crippen molar-refractivity contribution in [2.24, 2.45) is 0 Å². The van der Waals surface area contributed by atoms with Crippen molar-refractivity contribution in [2.75, 3.05) is 0 Å². The second-order valence-electron chi connectivity index (χ2n) is 3.92. The zero-order chi connectivity index (χ0) is 12.8. The van der Waals surface area contributed by atoms with Crippen LogP contribution in [0.5, 0.6) is 0 Å². The SMILES string of the molecule is CC[C@@H](C[C@@H](Br)C=O)c1ccc(C(=O)O)cc1.